The fourth-order valence-corrected chi connectivity index (χ4v) is 10.2. The number of benzene rings is 9. The van der Waals surface area contributed by atoms with E-state index in [1.165, 1.54) is 61.4 Å². The molecule has 0 fully saturated rings. The van der Waals surface area contributed by atoms with E-state index in [1.807, 2.05) is 6.07 Å². The van der Waals surface area contributed by atoms with Gasteiger partial charge in [0.2, 0.25) is 0 Å². The van der Waals surface area contributed by atoms with E-state index in [2.05, 4.69) is 241 Å². The van der Waals surface area contributed by atoms with Gasteiger partial charge < -0.3 is 10.2 Å². The zero-order chi connectivity index (χ0) is 41.0. The summed E-state index contributed by atoms with van der Waals surface area (Å²) in [5.41, 5.74) is 20.0. The van der Waals surface area contributed by atoms with Crippen LogP contribution < -0.4 is 10.2 Å². The van der Waals surface area contributed by atoms with Gasteiger partial charge in [-0.05, 0) is 115 Å². The SMILES string of the molecule is C1=C(c2ccccc2)NC(c2ccccc2)=NC1c1cccc(-c2cccc(-c3ccc4c(c3)-c3ccccc3C43c4ccccc4N(c4ccccc4)c4ccccc43)c2)c1. The van der Waals surface area contributed by atoms with Crippen molar-refractivity contribution in [2.24, 2.45) is 4.99 Å². The summed E-state index contributed by atoms with van der Waals surface area (Å²) >= 11 is 0. The average Bonchev–Trinajstić information content (AvgIpc) is 3.65. The molecular formula is C59H41N3. The second-order valence-corrected chi connectivity index (χ2v) is 16.3. The zero-order valence-electron chi connectivity index (χ0n) is 34.0. The molecule has 9 aromatic rings. The third-order valence-corrected chi connectivity index (χ3v) is 12.9. The monoisotopic (exact) mass is 791 g/mol. The molecule has 12 rings (SSSR count). The van der Waals surface area contributed by atoms with Crippen LogP contribution >= 0.6 is 0 Å². The van der Waals surface area contributed by atoms with Gasteiger partial charge in [0.15, 0.2) is 0 Å². The Labute approximate surface area is 362 Å². The predicted octanol–water partition coefficient (Wildman–Crippen LogP) is 14.3. The topological polar surface area (TPSA) is 27.6 Å². The lowest BCUT2D eigenvalue weighted by molar-refractivity contribution is 0.753. The summed E-state index contributed by atoms with van der Waals surface area (Å²) in [5.74, 6) is 0.873. The summed E-state index contributed by atoms with van der Waals surface area (Å²) in [6, 6.07) is 83.6. The molecule has 0 aromatic heterocycles. The second kappa shape index (κ2) is 14.6. The Bertz CT molecular complexity index is 3120. The smallest absolute Gasteiger partial charge is 0.133 e. The maximum absolute atomic E-state index is 5.26. The molecule has 2 heterocycles. The number of amidine groups is 1. The van der Waals surface area contributed by atoms with Gasteiger partial charge in [-0.3, -0.25) is 4.99 Å². The van der Waals surface area contributed by atoms with Gasteiger partial charge in [0.1, 0.15) is 5.84 Å². The van der Waals surface area contributed by atoms with Gasteiger partial charge in [-0.1, -0.05) is 188 Å². The largest absolute Gasteiger partial charge is 0.340 e. The lowest BCUT2D eigenvalue weighted by Crippen LogP contribution is -2.36. The Kier molecular flexibility index (Phi) is 8.46. The standard InChI is InChI=1S/C59H41N3/c1-4-18-40(19-5-1)54-39-55(61-58(60-54)41-20-6-2-7-21-41)46-25-17-24-44(37-46)42-22-16-23-43(36-42)45-34-35-51-49(38-45)48-28-10-11-29-50(48)59(51)52-30-12-14-32-56(52)62(47-26-8-3-9-27-47)57-33-15-13-31-53(57)59/h1-39,55H,(H,60,61). The van der Waals surface area contributed by atoms with Gasteiger partial charge >= 0.3 is 0 Å². The number of nitrogens with one attached hydrogen (secondary N) is 1. The molecule has 0 amide bonds. The van der Waals surface area contributed by atoms with E-state index < -0.39 is 5.41 Å². The summed E-state index contributed by atoms with van der Waals surface area (Å²) in [7, 11) is 0. The third-order valence-electron chi connectivity index (χ3n) is 12.9. The van der Waals surface area contributed by atoms with E-state index in [0.29, 0.717) is 0 Å². The fraction of sp³-hybridized carbons (Fsp3) is 0.0339. The molecule has 0 radical (unpaired) electrons. The molecule has 1 atom stereocenters. The minimum Gasteiger partial charge on any atom is -0.340 e. The number of fused-ring (bicyclic) bond motifs is 9. The van der Waals surface area contributed by atoms with Gasteiger partial charge in [0, 0.05) is 16.9 Å². The molecule has 2 aliphatic heterocycles. The number of nitrogens with zero attached hydrogens (tertiary/aromatic N) is 2. The first kappa shape index (κ1) is 35.9. The van der Waals surface area contributed by atoms with Crippen LogP contribution in [0.5, 0.6) is 0 Å². The van der Waals surface area contributed by atoms with E-state index >= 15 is 0 Å². The highest BCUT2D eigenvalue weighted by Gasteiger charge is 2.51. The highest BCUT2D eigenvalue weighted by atomic mass is 15.2. The molecule has 1 spiro atoms. The molecule has 1 unspecified atom stereocenters. The molecule has 3 aliphatic rings. The van der Waals surface area contributed by atoms with Crippen LogP contribution in [0.25, 0.3) is 39.1 Å². The first-order valence-corrected chi connectivity index (χ1v) is 21.4. The summed E-state index contributed by atoms with van der Waals surface area (Å²) in [6.45, 7) is 0. The highest BCUT2D eigenvalue weighted by molar-refractivity contribution is 6.05. The van der Waals surface area contributed by atoms with Crippen LogP contribution in [0.1, 0.15) is 45.0 Å². The summed E-state index contributed by atoms with van der Waals surface area (Å²) in [6.07, 6.45) is 2.24. The Balaban J connectivity index is 0.953. The van der Waals surface area contributed by atoms with Gasteiger partial charge in [-0.15, -0.1) is 0 Å². The summed E-state index contributed by atoms with van der Waals surface area (Å²) < 4.78 is 0. The third kappa shape index (κ3) is 5.70. The van der Waals surface area contributed by atoms with Crippen molar-refractivity contribution in [1.82, 2.24) is 5.32 Å². The molecule has 1 N–H and O–H groups in total. The number of para-hydroxylation sites is 3. The Morgan fingerprint density at radius 3 is 1.60 bits per heavy atom. The molecule has 3 heteroatoms. The number of hydrogen-bond donors (Lipinski definition) is 1. The van der Waals surface area contributed by atoms with E-state index in [-0.39, 0.29) is 6.04 Å². The van der Waals surface area contributed by atoms with Crippen LogP contribution in [0, 0.1) is 0 Å². The maximum atomic E-state index is 5.26. The lowest BCUT2D eigenvalue weighted by atomic mass is 9.64. The fourth-order valence-electron chi connectivity index (χ4n) is 10.2. The molecule has 0 bridgehead atoms. The van der Waals surface area contributed by atoms with Crippen molar-refractivity contribution in [3.05, 3.63) is 276 Å². The van der Waals surface area contributed by atoms with Crippen LogP contribution in [0.4, 0.5) is 17.1 Å². The Morgan fingerprint density at radius 1 is 0.387 bits per heavy atom. The Hall–Kier alpha value is -8.01. The predicted molar refractivity (Wildman–Crippen MR) is 256 cm³/mol. The van der Waals surface area contributed by atoms with E-state index in [9.17, 15) is 0 Å². The first-order valence-electron chi connectivity index (χ1n) is 21.4. The van der Waals surface area contributed by atoms with Crippen molar-refractivity contribution < 1.29 is 0 Å². The van der Waals surface area contributed by atoms with Crippen LogP contribution in [-0.4, -0.2) is 5.84 Å². The first-order chi connectivity index (χ1) is 30.7. The minimum atomic E-state index is -0.475. The van der Waals surface area contributed by atoms with Crippen molar-refractivity contribution in [3.8, 4) is 33.4 Å². The average molecular weight is 792 g/mol. The van der Waals surface area contributed by atoms with Crippen molar-refractivity contribution in [1.29, 1.82) is 0 Å². The zero-order valence-corrected chi connectivity index (χ0v) is 34.0. The second-order valence-electron chi connectivity index (χ2n) is 16.3. The quantitative estimate of drug-likeness (QED) is 0.182. The van der Waals surface area contributed by atoms with Crippen molar-refractivity contribution >= 4 is 28.6 Å². The van der Waals surface area contributed by atoms with Crippen molar-refractivity contribution in [2.75, 3.05) is 4.90 Å². The molecule has 62 heavy (non-hydrogen) atoms. The van der Waals surface area contributed by atoms with E-state index in [4.69, 9.17) is 4.99 Å². The highest BCUT2D eigenvalue weighted by Crippen LogP contribution is 2.63. The van der Waals surface area contributed by atoms with Gasteiger partial charge in [-0.2, -0.15) is 0 Å². The molecule has 9 aromatic carbocycles. The van der Waals surface area contributed by atoms with Gasteiger partial charge in [0.25, 0.3) is 0 Å². The van der Waals surface area contributed by atoms with E-state index in [0.717, 1.165) is 39.5 Å². The van der Waals surface area contributed by atoms with Crippen LogP contribution in [0.15, 0.2) is 242 Å². The van der Waals surface area contributed by atoms with Gasteiger partial charge in [0.05, 0.1) is 22.8 Å². The van der Waals surface area contributed by atoms with E-state index in [1.54, 1.807) is 0 Å². The molecule has 292 valence electrons. The molecule has 3 nitrogen and oxygen atoms in total. The number of rotatable bonds is 6. The Morgan fingerprint density at radius 2 is 0.903 bits per heavy atom. The van der Waals surface area contributed by atoms with Crippen LogP contribution in [0.3, 0.4) is 0 Å². The van der Waals surface area contributed by atoms with Gasteiger partial charge in [-0.25, -0.2) is 0 Å². The number of hydrogen-bond acceptors (Lipinski definition) is 3. The normalized spacial score (nSPS) is 15.4. The molecule has 0 saturated heterocycles. The minimum absolute atomic E-state index is 0.149. The van der Waals surface area contributed by atoms with Crippen molar-refractivity contribution in [2.45, 2.75) is 11.5 Å². The van der Waals surface area contributed by atoms with Crippen molar-refractivity contribution in [3.63, 3.8) is 0 Å². The number of aliphatic imine (C=N–C) groups is 1. The molecule has 1 aliphatic carbocycles. The molecular weight excluding hydrogens is 751 g/mol. The number of anilines is 3. The lowest BCUT2D eigenvalue weighted by Gasteiger charge is -2.45. The molecule has 0 saturated carbocycles. The maximum Gasteiger partial charge on any atom is 0.133 e. The van der Waals surface area contributed by atoms with Crippen LogP contribution in [0.2, 0.25) is 0 Å². The summed E-state index contributed by atoms with van der Waals surface area (Å²) in [4.78, 5) is 7.69. The van der Waals surface area contributed by atoms with Crippen LogP contribution in [-0.2, 0) is 5.41 Å². The summed E-state index contributed by atoms with van der Waals surface area (Å²) in [5, 5.41) is 3.63.